The molecule has 118 valence electrons. The minimum absolute atomic E-state index is 0.955. The average Bonchev–Trinajstić information content (AvgIpc) is 2.51. The fraction of sp³-hybridized carbons (Fsp3) is 0.667. The van der Waals surface area contributed by atoms with Gasteiger partial charge in [0.1, 0.15) is 12.8 Å². The molecule has 0 spiro atoms. The molecule has 3 nitrogen and oxygen atoms in total. The van der Waals surface area contributed by atoms with Crippen LogP contribution in [0.3, 0.4) is 0 Å². The van der Waals surface area contributed by atoms with Gasteiger partial charge in [0.05, 0.1) is 0 Å². The molecule has 0 aliphatic heterocycles. The van der Waals surface area contributed by atoms with Crippen LogP contribution in [0, 0.1) is 0 Å². The van der Waals surface area contributed by atoms with Crippen molar-refractivity contribution < 1.29 is 9.77 Å². The SMILES string of the molecule is CCCCCCCCCCCC[n+]1ccccc1/C=N\O. The first kappa shape index (κ1) is 17.7. The summed E-state index contributed by atoms with van der Waals surface area (Å²) in [6, 6.07) is 5.95. The predicted octanol–water partition coefficient (Wildman–Crippen LogP) is 4.70. The third-order valence-corrected chi connectivity index (χ3v) is 3.92. The van der Waals surface area contributed by atoms with E-state index in [9.17, 15) is 0 Å². The molecule has 0 aliphatic carbocycles. The summed E-state index contributed by atoms with van der Waals surface area (Å²) < 4.78 is 2.14. The number of oxime groups is 1. The van der Waals surface area contributed by atoms with Crippen LogP contribution in [-0.4, -0.2) is 11.4 Å². The van der Waals surface area contributed by atoms with Gasteiger partial charge in [0.15, 0.2) is 6.20 Å². The van der Waals surface area contributed by atoms with Crippen molar-refractivity contribution in [2.24, 2.45) is 5.16 Å². The highest BCUT2D eigenvalue weighted by atomic mass is 16.4. The summed E-state index contributed by atoms with van der Waals surface area (Å²) in [5, 5.41) is 11.8. The molecule has 0 saturated carbocycles. The molecular formula is C18H31N2O+. The van der Waals surface area contributed by atoms with E-state index in [0.717, 1.165) is 12.2 Å². The number of hydrogen-bond donors (Lipinski definition) is 1. The lowest BCUT2D eigenvalue weighted by Gasteiger charge is -2.02. The van der Waals surface area contributed by atoms with Crippen LogP contribution in [0.1, 0.15) is 76.8 Å². The van der Waals surface area contributed by atoms with Gasteiger partial charge < -0.3 is 5.21 Å². The van der Waals surface area contributed by atoms with Gasteiger partial charge >= 0.3 is 0 Å². The summed E-state index contributed by atoms with van der Waals surface area (Å²) in [6.07, 6.45) is 17.1. The second kappa shape index (κ2) is 12.4. The van der Waals surface area contributed by atoms with Gasteiger partial charge in [-0.05, 0) is 12.5 Å². The van der Waals surface area contributed by atoms with Crippen molar-refractivity contribution in [1.29, 1.82) is 0 Å². The smallest absolute Gasteiger partial charge is 0.227 e. The van der Waals surface area contributed by atoms with Gasteiger partial charge in [0.2, 0.25) is 5.69 Å². The zero-order valence-electron chi connectivity index (χ0n) is 13.5. The summed E-state index contributed by atoms with van der Waals surface area (Å²) in [4.78, 5) is 0. The van der Waals surface area contributed by atoms with Crippen LogP contribution in [0.5, 0.6) is 0 Å². The Balaban J connectivity index is 2.04. The molecule has 0 unspecified atom stereocenters. The van der Waals surface area contributed by atoms with Crippen LogP contribution in [0.4, 0.5) is 0 Å². The molecule has 21 heavy (non-hydrogen) atoms. The topological polar surface area (TPSA) is 36.5 Å². The van der Waals surface area contributed by atoms with E-state index in [1.54, 1.807) is 0 Å². The second-order valence-electron chi connectivity index (χ2n) is 5.75. The summed E-state index contributed by atoms with van der Waals surface area (Å²) >= 11 is 0. The van der Waals surface area contributed by atoms with Crippen molar-refractivity contribution in [2.45, 2.75) is 77.7 Å². The summed E-state index contributed by atoms with van der Waals surface area (Å²) in [6.45, 7) is 3.27. The van der Waals surface area contributed by atoms with E-state index >= 15 is 0 Å². The molecule has 1 N–H and O–H groups in total. The third kappa shape index (κ3) is 8.49. The van der Waals surface area contributed by atoms with Crippen LogP contribution < -0.4 is 4.57 Å². The molecule has 0 aromatic carbocycles. The molecule has 1 aromatic heterocycles. The Bertz CT molecular complexity index is 391. The Kier molecular flexibility index (Phi) is 10.4. The first-order valence-electron chi connectivity index (χ1n) is 8.54. The van der Waals surface area contributed by atoms with Gasteiger partial charge in [-0.25, -0.2) is 0 Å². The third-order valence-electron chi connectivity index (χ3n) is 3.92. The van der Waals surface area contributed by atoms with Crippen molar-refractivity contribution in [3.8, 4) is 0 Å². The van der Waals surface area contributed by atoms with Crippen molar-refractivity contribution in [2.75, 3.05) is 0 Å². The highest BCUT2D eigenvalue weighted by Crippen LogP contribution is 2.10. The maximum Gasteiger partial charge on any atom is 0.227 e. The van der Waals surface area contributed by atoms with Crippen LogP contribution in [-0.2, 0) is 6.54 Å². The number of aromatic nitrogens is 1. The number of unbranched alkanes of at least 4 members (excludes halogenated alkanes) is 9. The number of rotatable bonds is 12. The fourth-order valence-electron chi connectivity index (χ4n) is 2.64. The van der Waals surface area contributed by atoms with Crippen molar-refractivity contribution in [3.05, 3.63) is 30.1 Å². The van der Waals surface area contributed by atoms with E-state index in [1.165, 1.54) is 70.4 Å². The molecule has 0 fully saturated rings. The van der Waals surface area contributed by atoms with Crippen LogP contribution >= 0.6 is 0 Å². The normalized spacial score (nSPS) is 11.3. The number of pyridine rings is 1. The van der Waals surface area contributed by atoms with Gasteiger partial charge in [0, 0.05) is 18.6 Å². The molecule has 0 bridgehead atoms. The van der Waals surface area contributed by atoms with E-state index in [1.807, 2.05) is 24.4 Å². The zero-order valence-corrected chi connectivity index (χ0v) is 13.5. The maximum absolute atomic E-state index is 8.65. The fourth-order valence-corrected chi connectivity index (χ4v) is 2.64. The van der Waals surface area contributed by atoms with E-state index in [2.05, 4.69) is 16.6 Å². The highest BCUT2D eigenvalue weighted by molar-refractivity contribution is 5.74. The molecule has 1 aromatic rings. The van der Waals surface area contributed by atoms with E-state index in [4.69, 9.17) is 5.21 Å². The lowest BCUT2D eigenvalue weighted by molar-refractivity contribution is -0.698. The van der Waals surface area contributed by atoms with Crippen LogP contribution in [0.15, 0.2) is 29.6 Å². The molecule has 0 amide bonds. The molecule has 1 rings (SSSR count). The van der Waals surface area contributed by atoms with Crippen molar-refractivity contribution in [1.82, 2.24) is 0 Å². The van der Waals surface area contributed by atoms with Crippen molar-refractivity contribution >= 4 is 6.21 Å². The van der Waals surface area contributed by atoms with Crippen molar-refractivity contribution in [3.63, 3.8) is 0 Å². The van der Waals surface area contributed by atoms with Crippen LogP contribution in [0.25, 0.3) is 0 Å². The minimum atomic E-state index is 0.955. The molecule has 1 heterocycles. The molecule has 0 saturated heterocycles. The lowest BCUT2D eigenvalue weighted by atomic mass is 10.1. The monoisotopic (exact) mass is 291 g/mol. The van der Waals surface area contributed by atoms with Gasteiger partial charge in [-0.3, -0.25) is 0 Å². The number of aryl methyl sites for hydroxylation is 1. The first-order chi connectivity index (χ1) is 10.4. The van der Waals surface area contributed by atoms with Gasteiger partial charge in [0.25, 0.3) is 0 Å². The quantitative estimate of drug-likeness (QED) is 0.196. The van der Waals surface area contributed by atoms with Gasteiger partial charge in [-0.1, -0.05) is 63.4 Å². The molecular weight excluding hydrogens is 260 g/mol. The molecule has 0 atom stereocenters. The van der Waals surface area contributed by atoms with E-state index < -0.39 is 0 Å². The van der Waals surface area contributed by atoms with Gasteiger partial charge in [-0.15, -0.1) is 0 Å². The Morgan fingerprint density at radius 3 is 2.19 bits per heavy atom. The Morgan fingerprint density at radius 1 is 0.952 bits per heavy atom. The van der Waals surface area contributed by atoms with E-state index in [-0.39, 0.29) is 0 Å². The minimum Gasteiger partial charge on any atom is -0.411 e. The standard InChI is InChI=1S/C18H30N2O/c1-2-3-4-5-6-7-8-9-10-12-15-20-16-13-11-14-18(20)17-19-21/h11,13-14,16-17H,2-10,12,15H2,1H3/p+1. The predicted molar refractivity (Wildman–Crippen MR) is 87.9 cm³/mol. The summed E-state index contributed by atoms with van der Waals surface area (Å²) in [5.74, 6) is 0. The summed E-state index contributed by atoms with van der Waals surface area (Å²) in [7, 11) is 0. The molecule has 3 heteroatoms. The highest BCUT2D eigenvalue weighted by Gasteiger charge is 2.06. The van der Waals surface area contributed by atoms with E-state index in [0.29, 0.717) is 0 Å². The van der Waals surface area contributed by atoms with Gasteiger partial charge in [-0.2, -0.15) is 4.57 Å². The van der Waals surface area contributed by atoms with Crippen LogP contribution in [0.2, 0.25) is 0 Å². The second-order valence-corrected chi connectivity index (χ2v) is 5.75. The Hall–Kier alpha value is -1.38. The molecule has 0 aliphatic rings. The molecule has 0 radical (unpaired) electrons. The Labute approximate surface area is 129 Å². The summed E-state index contributed by atoms with van der Waals surface area (Å²) in [5.41, 5.74) is 0.955. The Morgan fingerprint density at radius 2 is 1.57 bits per heavy atom. The lowest BCUT2D eigenvalue weighted by Crippen LogP contribution is -2.37. The zero-order chi connectivity index (χ0) is 15.2. The maximum atomic E-state index is 8.65. The number of hydrogen-bond acceptors (Lipinski definition) is 2. The average molecular weight is 291 g/mol. The largest absolute Gasteiger partial charge is 0.411 e. The first-order valence-corrected chi connectivity index (χ1v) is 8.54. The number of nitrogens with zero attached hydrogens (tertiary/aromatic N) is 2.